The van der Waals surface area contributed by atoms with Gasteiger partial charge in [0, 0.05) is 23.2 Å². The van der Waals surface area contributed by atoms with Crippen molar-refractivity contribution in [3.63, 3.8) is 0 Å². The Morgan fingerprint density at radius 2 is 1.78 bits per heavy atom. The molecule has 0 fully saturated rings. The van der Waals surface area contributed by atoms with E-state index in [0.29, 0.717) is 29.2 Å². The van der Waals surface area contributed by atoms with Crippen molar-refractivity contribution in [3.05, 3.63) is 106 Å². The number of carbonyl (C=O) groups excluding carboxylic acids is 1. The van der Waals surface area contributed by atoms with Gasteiger partial charge in [0.25, 0.3) is 0 Å². The van der Waals surface area contributed by atoms with Crippen LogP contribution in [0, 0.1) is 5.82 Å². The highest BCUT2D eigenvalue weighted by atomic mass is 32.1. The first-order valence-electron chi connectivity index (χ1n) is 14.1. The quantitative estimate of drug-likeness (QED) is 0.169. The molecule has 1 N–H and O–H groups in total. The summed E-state index contributed by atoms with van der Waals surface area (Å²) in [5.41, 5.74) is 3.98. The molecule has 8 nitrogen and oxygen atoms in total. The predicted octanol–water partition coefficient (Wildman–Crippen LogP) is 7.58. The van der Waals surface area contributed by atoms with Crippen LogP contribution in [0.15, 0.2) is 89.6 Å². The van der Waals surface area contributed by atoms with Crippen molar-refractivity contribution < 1.29 is 27.1 Å². The van der Waals surface area contributed by atoms with Gasteiger partial charge >= 0.3 is 12.4 Å². The maximum atomic E-state index is 13.9. The fraction of sp³-hybridized carbons (Fsp3) is 0.250. The molecule has 1 unspecified atom stereocenters. The SMILES string of the molecule is CC(CCc1ccc(-c2ncn(-c3ccc(OC(F)(F)F)cc3)n2)cc1)NC(=O)N=c1sccn1-c1ccc(F)cc1C(C)C. The van der Waals surface area contributed by atoms with Gasteiger partial charge in [-0.3, -0.25) is 4.57 Å². The normalized spacial score (nSPS) is 12.8. The van der Waals surface area contributed by atoms with E-state index in [1.165, 1.54) is 58.7 Å². The van der Waals surface area contributed by atoms with E-state index < -0.39 is 12.4 Å². The number of ether oxygens (including phenoxy) is 1. The number of thiazole rings is 1. The third-order valence-corrected chi connectivity index (χ3v) is 7.69. The van der Waals surface area contributed by atoms with Crippen LogP contribution in [0.5, 0.6) is 5.75 Å². The molecule has 0 aliphatic carbocycles. The van der Waals surface area contributed by atoms with Crippen molar-refractivity contribution in [2.24, 2.45) is 4.99 Å². The Bertz CT molecular complexity index is 1830. The van der Waals surface area contributed by atoms with E-state index in [4.69, 9.17) is 0 Å². The van der Waals surface area contributed by atoms with Crippen molar-refractivity contribution in [2.75, 3.05) is 0 Å². The minimum Gasteiger partial charge on any atom is -0.406 e. The Balaban J connectivity index is 1.17. The van der Waals surface area contributed by atoms with Gasteiger partial charge in [0.05, 0.1) is 11.4 Å². The third kappa shape index (κ3) is 8.24. The molecule has 234 valence electrons. The number of halogens is 4. The van der Waals surface area contributed by atoms with E-state index in [0.717, 1.165) is 22.4 Å². The maximum Gasteiger partial charge on any atom is 0.573 e. The highest BCUT2D eigenvalue weighted by molar-refractivity contribution is 7.07. The predicted molar refractivity (Wildman–Crippen MR) is 163 cm³/mol. The lowest BCUT2D eigenvalue weighted by atomic mass is 10.0. The highest BCUT2D eigenvalue weighted by Gasteiger charge is 2.31. The number of aryl methyl sites for hydroxylation is 1. The number of carbonyl (C=O) groups is 1. The Hall–Kier alpha value is -4.78. The summed E-state index contributed by atoms with van der Waals surface area (Å²) in [5.74, 6) is -0.0747. The molecule has 0 saturated heterocycles. The summed E-state index contributed by atoms with van der Waals surface area (Å²) in [6.07, 6.45) is -0.0606. The number of alkyl halides is 3. The fourth-order valence-electron chi connectivity index (χ4n) is 4.67. The Labute approximate surface area is 260 Å². The average Bonchev–Trinajstić information content (AvgIpc) is 3.66. The van der Waals surface area contributed by atoms with Gasteiger partial charge in [-0.15, -0.1) is 29.6 Å². The number of urea groups is 1. The van der Waals surface area contributed by atoms with Crippen LogP contribution in [0.25, 0.3) is 22.8 Å². The summed E-state index contributed by atoms with van der Waals surface area (Å²) in [4.78, 5) is 21.8. The van der Waals surface area contributed by atoms with E-state index in [1.807, 2.05) is 56.6 Å². The number of nitrogens with one attached hydrogen (secondary N) is 1. The third-order valence-electron chi connectivity index (χ3n) is 6.93. The second kappa shape index (κ2) is 13.5. The molecule has 2 amide bonds. The number of hydrogen-bond acceptors (Lipinski definition) is 5. The summed E-state index contributed by atoms with van der Waals surface area (Å²) >= 11 is 1.32. The van der Waals surface area contributed by atoms with Gasteiger partial charge in [-0.1, -0.05) is 38.1 Å². The van der Waals surface area contributed by atoms with Crippen LogP contribution in [0.3, 0.4) is 0 Å². The van der Waals surface area contributed by atoms with Crippen LogP contribution >= 0.6 is 11.3 Å². The van der Waals surface area contributed by atoms with Gasteiger partial charge in [-0.25, -0.2) is 18.9 Å². The highest BCUT2D eigenvalue weighted by Crippen LogP contribution is 2.25. The summed E-state index contributed by atoms with van der Waals surface area (Å²) in [5, 5.41) is 9.19. The monoisotopic (exact) mass is 638 g/mol. The van der Waals surface area contributed by atoms with Crippen LogP contribution in [0.4, 0.5) is 22.4 Å². The number of rotatable bonds is 9. The average molecular weight is 639 g/mol. The Morgan fingerprint density at radius 1 is 1.04 bits per heavy atom. The molecule has 45 heavy (non-hydrogen) atoms. The minimum absolute atomic E-state index is 0.0867. The molecule has 5 rings (SSSR count). The second-order valence-corrected chi connectivity index (χ2v) is 11.5. The van der Waals surface area contributed by atoms with Gasteiger partial charge in [-0.2, -0.15) is 4.99 Å². The van der Waals surface area contributed by atoms with Crippen LogP contribution < -0.4 is 14.9 Å². The van der Waals surface area contributed by atoms with Crippen molar-refractivity contribution in [3.8, 4) is 28.5 Å². The standard InChI is InChI=1S/C32H30F4N6O2S/c1-20(2)27-18-24(33)10-15-28(27)41-16-17-45-31(41)39-30(43)38-21(3)4-5-22-6-8-23(9-7-22)29-37-19-42(40-29)25-11-13-26(14-12-25)44-32(34,35)36/h6-21H,4-5H2,1-3H3,(H,38,43). The zero-order valence-corrected chi connectivity index (χ0v) is 25.4. The molecule has 0 radical (unpaired) electrons. The molecule has 0 bridgehead atoms. The maximum absolute atomic E-state index is 13.9. The molecule has 1 atom stereocenters. The number of nitrogens with zero attached hydrogens (tertiary/aromatic N) is 5. The van der Waals surface area contributed by atoms with Gasteiger partial charge in [0.1, 0.15) is 17.9 Å². The van der Waals surface area contributed by atoms with Crippen molar-refractivity contribution >= 4 is 17.4 Å². The molecule has 0 spiro atoms. The van der Waals surface area contributed by atoms with Crippen LogP contribution in [0.2, 0.25) is 0 Å². The molecular formula is C32H30F4N6O2S. The first-order valence-corrected chi connectivity index (χ1v) is 15.0. The van der Waals surface area contributed by atoms with E-state index in [9.17, 15) is 22.4 Å². The van der Waals surface area contributed by atoms with Gasteiger partial charge in [0.2, 0.25) is 0 Å². The smallest absolute Gasteiger partial charge is 0.406 e. The molecule has 0 aliphatic rings. The zero-order chi connectivity index (χ0) is 32.1. The Morgan fingerprint density at radius 3 is 2.47 bits per heavy atom. The Kier molecular flexibility index (Phi) is 9.47. The van der Waals surface area contributed by atoms with E-state index in [1.54, 1.807) is 10.6 Å². The first-order chi connectivity index (χ1) is 21.4. The number of aromatic nitrogens is 4. The van der Waals surface area contributed by atoms with E-state index in [-0.39, 0.29) is 23.5 Å². The number of benzene rings is 3. The molecule has 0 saturated carbocycles. The van der Waals surface area contributed by atoms with Crippen molar-refractivity contribution in [2.45, 2.75) is 51.9 Å². The van der Waals surface area contributed by atoms with Gasteiger partial charge < -0.3 is 10.1 Å². The van der Waals surface area contributed by atoms with Gasteiger partial charge in [0.15, 0.2) is 10.6 Å². The summed E-state index contributed by atoms with van der Waals surface area (Å²) in [6, 6.07) is 17.1. The van der Waals surface area contributed by atoms with Crippen LogP contribution in [-0.4, -0.2) is 37.8 Å². The molecule has 2 aromatic heterocycles. The number of hydrogen-bond donors (Lipinski definition) is 1. The lowest BCUT2D eigenvalue weighted by Crippen LogP contribution is -2.32. The van der Waals surface area contributed by atoms with Crippen molar-refractivity contribution in [1.82, 2.24) is 24.6 Å². The van der Waals surface area contributed by atoms with Crippen molar-refractivity contribution in [1.29, 1.82) is 0 Å². The second-order valence-electron chi connectivity index (χ2n) is 10.7. The van der Waals surface area contributed by atoms with E-state index in [2.05, 4.69) is 25.1 Å². The summed E-state index contributed by atoms with van der Waals surface area (Å²) in [6.45, 7) is 5.89. The largest absolute Gasteiger partial charge is 0.573 e. The van der Waals surface area contributed by atoms with Crippen LogP contribution in [-0.2, 0) is 6.42 Å². The topological polar surface area (TPSA) is 86.3 Å². The molecule has 0 aliphatic heterocycles. The molecule has 5 aromatic rings. The molecule has 2 heterocycles. The lowest BCUT2D eigenvalue weighted by molar-refractivity contribution is -0.274. The summed E-state index contributed by atoms with van der Waals surface area (Å²) in [7, 11) is 0. The molecule has 13 heteroatoms. The molecule has 3 aromatic carbocycles. The molecular weight excluding hydrogens is 608 g/mol. The zero-order valence-electron chi connectivity index (χ0n) is 24.6. The first kappa shape index (κ1) is 31.6. The number of amides is 2. The van der Waals surface area contributed by atoms with Crippen LogP contribution in [0.1, 0.15) is 44.2 Å². The summed E-state index contributed by atoms with van der Waals surface area (Å²) < 4.78 is 58.3. The lowest BCUT2D eigenvalue weighted by Gasteiger charge is -2.14. The van der Waals surface area contributed by atoms with Gasteiger partial charge in [-0.05, 0) is 79.3 Å². The minimum atomic E-state index is -4.75. The fourth-order valence-corrected chi connectivity index (χ4v) is 5.38. The van der Waals surface area contributed by atoms with E-state index >= 15 is 0 Å².